The number of hydrogen-bond donors (Lipinski definition) is 1. The van der Waals surface area contributed by atoms with Crippen molar-refractivity contribution in [2.45, 2.75) is 19.4 Å². The Balaban J connectivity index is 2.34. The van der Waals surface area contributed by atoms with Crippen LogP contribution in [0.5, 0.6) is 0 Å². The molecule has 0 aliphatic carbocycles. The van der Waals surface area contributed by atoms with E-state index in [1.807, 2.05) is 12.1 Å². The third-order valence-corrected chi connectivity index (χ3v) is 2.89. The third kappa shape index (κ3) is 3.35. The largest absolute Gasteiger partial charge is 0.306 e. The van der Waals surface area contributed by atoms with Gasteiger partial charge in [0, 0.05) is 12.4 Å². The summed E-state index contributed by atoms with van der Waals surface area (Å²) in [7, 11) is 0. The lowest BCUT2D eigenvalue weighted by atomic mass is 10.00. The van der Waals surface area contributed by atoms with Crippen LogP contribution in [-0.4, -0.2) is 11.5 Å². The Kier molecular flexibility index (Phi) is 4.58. The minimum Gasteiger partial charge on any atom is -0.306 e. The van der Waals surface area contributed by atoms with Crippen molar-refractivity contribution in [3.05, 3.63) is 65.5 Å². The van der Waals surface area contributed by atoms with Crippen molar-refractivity contribution < 1.29 is 8.78 Å². The van der Waals surface area contributed by atoms with Crippen LogP contribution in [0.4, 0.5) is 8.78 Å². The second kappa shape index (κ2) is 6.38. The molecular formula is C15H16F2N2. The standard InChI is InChI=1S/C15H16F2N2/c1-2-7-19-15(12-4-3-8-18-10-12)11-5-6-13(16)14(17)9-11/h3-6,8-10,15,19H,2,7H2,1H3. The van der Waals surface area contributed by atoms with Gasteiger partial charge in [0.1, 0.15) is 0 Å². The number of benzene rings is 1. The van der Waals surface area contributed by atoms with Gasteiger partial charge in [-0.2, -0.15) is 0 Å². The highest BCUT2D eigenvalue weighted by molar-refractivity contribution is 5.30. The summed E-state index contributed by atoms with van der Waals surface area (Å²) in [4.78, 5) is 4.07. The molecule has 0 amide bonds. The van der Waals surface area contributed by atoms with E-state index in [1.54, 1.807) is 18.5 Å². The number of pyridine rings is 1. The van der Waals surface area contributed by atoms with Gasteiger partial charge in [-0.15, -0.1) is 0 Å². The Labute approximate surface area is 111 Å². The lowest BCUT2D eigenvalue weighted by Crippen LogP contribution is -2.23. The molecule has 2 nitrogen and oxygen atoms in total. The van der Waals surface area contributed by atoms with Crippen molar-refractivity contribution in [3.63, 3.8) is 0 Å². The molecule has 19 heavy (non-hydrogen) atoms. The van der Waals surface area contributed by atoms with Gasteiger partial charge in [0.05, 0.1) is 6.04 Å². The summed E-state index contributed by atoms with van der Waals surface area (Å²) in [5, 5.41) is 3.32. The Morgan fingerprint density at radius 1 is 1.16 bits per heavy atom. The van der Waals surface area contributed by atoms with Crippen molar-refractivity contribution in [3.8, 4) is 0 Å². The monoisotopic (exact) mass is 262 g/mol. The fraction of sp³-hybridized carbons (Fsp3) is 0.267. The molecule has 100 valence electrons. The van der Waals surface area contributed by atoms with Gasteiger partial charge in [0.2, 0.25) is 0 Å². The molecule has 2 aromatic rings. The van der Waals surface area contributed by atoms with E-state index in [-0.39, 0.29) is 6.04 Å². The number of nitrogens with one attached hydrogen (secondary N) is 1. The van der Waals surface area contributed by atoms with Crippen LogP contribution in [0.1, 0.15) is 30.5 Å². The zero-order valence-corrected chi connectivity index (χ0v) is 10.7. The first-order valence-electron chi connectivity index (χ1n) is 6.30. The molecule has 1 heterocycles. The maximum absolute atomic E-state index is 13.4. The number of halogens is 2. The van der Waals surface area contributed by atoms with Gasteiger partial charge in [0.25, 0.3) is 0 Å². The first-order valence-corrected chi connectivity index (χ1v) is 6.30. The maximum atomic E-state index is 13.4. The first kappa shape index (κ1) is 13.6. The quantitative estimate of drug-likeness (QED) is 0.892. The van der Waals surface area contributed by atoms with Gasteiger partial charge in [-0.25, -0.2) is 8.78 Å². The fourth-order valence-corrected chi connectivity index (χ4v) is 1.96. The topological polar surface area (TPSA) is 24.9 Å². The highest BCUT2D eigenvalue weighted by Gasteiger charge is 2.15. The number of aromatic nitrogens is 1. The van der Waals surface area contributed by atoms with Gasteiger partial charge >= 0.3 is 0 Å². The van der Waals surface area contributed by atoms with E-state index in [4.69, 9.17) is 0 Å². The van der Waals surface area contributed by atoms with Crippen LogP contribution in [0, 0.1) is 11.6 Å². The summed E-state index contributed by atoms with van der Waals surface area (Å²) in [5.74, 6) is -1.66. The van der Waals surface area contributed by atoms with Gasteiger partial charge in [0.15, 0.2) is 11.6 Å². The summed E-state index contributed by atoms with van der Waals surface area (Å²) in [6.45, 7) is 2.84. The fourth-order valence-electron chi connectivity index (χ4n) is 1.96. The Morgan fingerprint density at radius 3 is 2.63 bits per heavy atom. The van der Waals surface area contributed by atoms with Crippen LogP contribution >= 0.6 is 0 Å². The molecule has 0 radical (unpaired) electrons. The number of hydrogen-bond acceptors (Lipinski definition) is 2. The van der Waals surface area contributed by atoms with Gasteiger partial charge < -0.3 is 5.32 Å². The average molecular weight is 262 g/mol. The molecular weight excluding hydrogens is 246 g/mol. The molecule has 1 unspecified atom stereocenters. The highest BCUT2D eigenvalue weighted by Crippen LogP contribution is 2.23. The van der Waals surface area contributed by atoms with Crippen molar-refractivity contribution >= 4 is 0 Å². The van der Waals surface area contributed by atoms with E-state index in [1.165, 1.54) is 6.07 Å². The normalized spacial score (nSPS) is 12.4. The second-order valence-electron chi connectivity index (χ2n) is 4.35. The molecule has 2 rings (SSSR count). The predicted octanol–water partition coefficient (Wildman–Crippen LogP) is 3.45. The van der Waals surface area contributed by atoms with Crippen molar-refractivity contribution in [2.75, 3.05) is 6.54 Å². The van der Waals surface area contributed by atoms with Gasteiger partial charge in [-0.3, -0.25) is 4.98 Å². The Bertz CT molecular complexity index is 529. The minimum absolute atomic E-state index is 0.177. The molecule has 0 bridgehead atoms. The van der Waals surface area contributed by atoms with Gasteiger partial charge in [-0.1, -0.05) is 19.1 Å². The second-order valence-corrected chi connectivity index (χ2v) is 4.35. The third-order valence-electron chi connectivity index (χ3n) is 2.89. The highest BCUT2D eigenvalue weighted by atomic mass is 19.2. The molecule has 0 spiro atoms. The molecule has 0 saturated heterocycles. The first-order chi connectivity index (χ1) is 9.22. The van der Waals surface area contributed by atoms with E-state index < -0.39 is 11.6 Å². The van der Waals surface area contributed by atoms with Crippen LogP contribution in [-0.2, 0) is 0 Å². The minimum atomic E-state index is -0.829. The maximum Gasteiger partial charge on any atom is 0.159 e. The van der Waals surface area contributed by atoms with E-state index in [9.17, 15) is 8.78 Å². The summed E-state index contributed by atoms with van der Waals surface area (Å²) in [5.41, 5.74) is 1.63. The van der Waals surface area contributed by atoms with Crippen LogP contribution in [0.25, 0.3) is 0 Å². The van der Waals surface area contributed by atoms with Crippen LogP contribution in [0.2, 0.25) is 0 Å². The van der Waals surface area contributed by atoms with Crippen LogP contribution < -0.4 is 5.32 Å². The zero-order valence-electron chi connectivity index (χ0n) is 10.7. The molecule has 0 aliphatic rings. The number of nitrogens with zero attached hydrogens (tertiary/aromatic N) is 1. The van der Waals surface area contributed by atoms with Crippen LogP contribution in [0.3, 0.4) is 0 Å². The molecule has 0 fully saturated rings. The molecule has 1 N–H and O–H groups in total. The lowest BCUT2D eigenvalue weighted by Gasteiger charge is -2.19. The predicted molar refractivity (Wildman–Crippen MR) is 70.7 cm³/mol. The Morgan fingerprint density at radius 2 is 2.00 bits per heavy atom. The Hall–Kier alpha value is -1.81. The molecule has 0 saturated carbocycles. The molecule has 1 aromatic carbocycles. The van der Waals surface area contributed by atoms with Crippen molar-refractivity contribution in [2.24, 2.45) is 0 Å². The average Bonchev–Trinajstić information content (AvgIpc) is 2.44. The van der Waals surface area contributed by atoms with E-state index in [2.05, 4.69) is 17.2 Å². The van der Waals surface area contributed by atoms with Crippen LogP contribution in [0.15, 0.2) is 42.7 Å². The smallest absolute Gasteiger partial charge is 0.159 e. The summed E-state index contributed by atoms with van der Waals surface area (Å²) in [6.07, 6.45) is 4.38. The molecule has 1 aromatic heterocycles. The van der Waals surface area contributed by atoms with E-state index >= 15 is 0 Å². The van der Waals surface area contributed by atoms with Crippen molar-refractivity contribution in [1.82, 2.24) is 10.3 Å². The summed E-state index contributed by atoms with van der Waals surface area (Å²) in [6, 6.07) is 7.55. The zero-order chi connectivity index (χ0) is 13.7. The summed E-state index contributed by atoms with van der Waals surface area (Å²) >= 11 is 0. The molecule has 4 heteroatoms. The molecule has 0 aliphatic heterocycles. The number of rotatable bonds is 5. The SMILES string of the molecule is CCCNC(c1cccnc1)c1ccc(F)c(F)c1. The van der Waals surface area contributed by atoms with E-state index in [0.29, 0.717) is 5.56 Å². The molecule has 1 atom stereocenters. The lowest BCUT2D eigenvalue weighted by molar-refractivity contribution is 0.503. The van der Waals surface area contributed by atoms with Crippen molar-refractivity contribution in [1.29, 1.82) is 0 Å². The van der Waals surface area contributed by atoms with Gasteiger partial charge in [-0.05, 0) is 42.3 Å². The summed E-state index contributed by atoms with van der Waals surface area (Å²) < 4.78 is 26.4. The van der Waals surface area contributed by atoms with E-state index in [0.717, 1.165) is 24.6 Å².